The van der Waals surface area contributed by atoms with Gasteiger partial charge in [-0.25, -0.2) is 0 Å². The van der Waals surface area contributed by atoms with Crippen molar-refractivity contribution in [2.24, 2.45) is 5.10 Å². The summed E-state index contributed by atoms with van der Waals surface area (Å²) in [7, 11) is 0. The summed E-state index contributed by atoms with van der Waals surface area (Å²) in [4.78, 5) is 0. The van der Waals surface area contributed by atoms with E-state index in [9.17, 15) is 0 Å². The lowest BCUT2D eigenvalue weighted by atomic mass is 10.2. The third-order valence-corrected chi connectivity index (χ3v) is 4.43. The Morgan fingerprint density at radius 1 is 1.20 bits per heavy atom. The molecule has 3 aromatic rings. The Balaban J connectivity index is 1.89. The summed E-state index contributed by atoms with van der Waals surface area (Å²) in [6.45, 7) is 3.45. The number of para-hydroxylation sites is 1. The van der Waals surface area contributed by atoms with Crippen LogP contribution in [0, 0.1) is 0 Å². The van der Waals surface area contributed by atoms with Crippen molar-refractivity contribution in [3.05, 3.63) is 70.9 Å². The molecule has 0 aliphatic rings. The maximum atomic E-state index is 6.31. The second kappa shape index (κ2) is 8.14. The molecule has 0 spiro atoms. The fourth-order valence-corrected chi connectivity index (χ4v) is 3.07. The van der Waals surface area contributed by atoms with Gasteiger partial charge in [-0.3, -0.25) is 5.43 Å². The summed E-state index contributed by atoms with van der Waals surface area (Å²) in [6, 6.07) is 16.1. The summed E-state index contributed by atoms with van der Waals surface area (Å²) in [5, 5.41) is 9.65. The highest BCUT2D eigenvalue weighted by atomic mass is 35.5. The standard InChI is InChI=1S/C19H19ClN4S/c1-2-21-19(25)23-22-11-15-13-24(18-10-6-4-8-16(15)18)12-14-7-3-5-9-17(14)20/h3-11,13H,2,12H2,1H3,(H2,21,23,25)/b22-11-. The van der Waals surface area contributed by atoms with E-state index in [4.69, 9.17) is 23.8 Å². The van der Waals surface area contributed by atoms with Crippen molar-refractivity contribution >= 4 is 46.0 Å². The van der Waals surface area contributed by atoms with E-state index < -0.39 is 0 Å². The minimum absolute atomic E-state index is 0.513. The van der Waals surface area contributed by atoms with Gasteiger partial charge < -0.3 is 9.88 Å². The number of hydrogen-bond acceptors (Lipinski definition) is 2. The quantitative estimate of drug-likeness (QED) is 0.402. The topological polar surface area (TPSA) is 41.4 Å². The number of benzene rings is 2. The number of nitrogens with zero attached hydrogens (tertiary/aromatic N) is 2. The minimum atomic E-state index is 0.513. The monoisotopic (exact) mass is 370 g/mol. The summed E-state index contributed by atoms with van der Waals surface area (Å²) < 4.78 is 2.18. The van der Waals surface area contributed by atoms with Crippen molar-refractivity contribution in [1.29, 1.82) is 0 Å². The van der Waals surface area contributed by atoms with Crippen molar-refractivity contribution in [2.45, 2.75) is 13.5 Å². The van der Waals surface area contributed by atoms with Gasteiger partial charge in [-0.1, -0.05) is 48.0 Å². The molecule has 4 nitrogen and oxygen atoms in total. The van der Waals surface area contributed by atoms with Crippen LogP contribution in [0.25, 0.3) is 10.9 Å². The molecule has 1 aromatic heterocycles. The van der Waals surface area contributed by atoms with Crippen LogP contribution >= 0.6 is 23.8 Å². The number of halogens is 1. The molecule has 0 saturated carbocycles. The van der Waals surface area contributed by atoms with Crippen LogP contribution in [0.2, 0.25) is 5.02 Å². The average Bonchev–Trinajstić information content (AvgIpc) is 2.95. The van der Waals surface area contributed by atoms with E-state index in [1.165, 1.54) is 0 Å². The molecule has 0 bridgehead atoms. The second-order valence-electron chi connectivity index (χ2n) is 5.55. The Hall–Kier alpha value is -2.37. The van der Waals surface area contributed by atoms with Crippen LogP contribution in [-0.4, -0.2) is 22.4 Å². The third kappa shape index (κ3) is 4.18. The Bertz CT molecular complexity index is 917. The zero-order chi connectivity index (χ0) is 17.6. The summed E-state index contributed by atoms with van der Waals surface area (Å²) in [5.41, 5.74) is 6.07. The smallest absolute Gasteiger partial charge is 0.186 e. The highest BCUT2D eigenvalue weighted by Gasteiger charge is 2.08. The minimum Gasteiger partial charge on any atom is -0.362 e. The Morgan fingerprint density at radius 2 is 1.96 bits per heavy atom. The molecule has 25 heavy (non-hydrogen) atoms. The average molecular weight is 371 g/mol. The fourth-order valence-electron chi connectivity index (χ4n) is 2.68. The van der Waals surface area contributed by atoms with Gasteiger partial charge in [-0.05, 0) is 36.8 Å². The lowest BCUT2D eigenvalue weighted by Gasteiger charge is -2.07. The molecule has 2 aromatic carbocycles. The number of hydrazone groups is 1. The van der Waals surface area contributed by atoms with Crippen LogP contribution in [0.4, 0.5) is 0 Å². The van der Waals surface area contributed by atoms with E-state index in [0.717, 1.165) is 33.6 Å². The van der Waals surface area contributed by atoms with E-state index >= 15 is 0 Å². The normalized spacial score (nSPS) is 11.1. The molecule has 0 radical (unpaired) electrons. The molecule has 0 saturated heterocycles. The highest BCUT2D eigenvalue weighted by Crippen LogP contribution is 2.23. The van der Waals surface area contributed by atoms with Crippen molar-refractivity contribution < 1.29 is 0 Å². The molecule has 0 unspecified atom stereocenters. The van der Waals surface area contributed by atoms with Gasteiger partial charge in [0.25, 0.3) is 0 Å². The zero-order valence-corrected chi connectivity index (χ0v) is 15.4. The molecule has 0 aliphatic heterocycles. The van der Waals surface area contributed by atoms with Crippen LogP contribution in [0.5, 0.6) is 0 Å². The SMILES string of the molecule is CCNC(=S)N/N=C\c1cn(Cc2ccccc2Cl)c2ccccc12. The molecule has 0 aliphatic carbocycles. The van der Waals surface area contributed by atoms with Gasteiger partial charge in [0, 0.05) is 40.8 Å². The summed E-state index contributed by atoms with van der Waals surface area (Å²) in [5.74, 6) is 0. The van der Waals surface area contributed by atoms with Crippen LogP contribution in [0.1, 0.15) is 18.1 Å². The highest BCUT2D eigenvalue weighted by molar-refractivity contribution is 7.80. The first kappa shape index (κ1) is 17.5. The van der Waals surface area contributed by atoms with E-state index in [1.807, 2.05) is 43.3 Å². The van der Waals surface area contributed by atoms with Gasteiger partial charge in [0.15, 0.2) is 5.11 Å². The Kier molecular flexibility index (Phi) is 5.68. The lowest BCUT2D eigenvalue weighted by molar-refractivity contribution is 0.836. The molecule has 6 heteroatoms. The number of rotatable bonds is 5. The molecule has 3 rings (SSSR count). The largest absolute Gasteiger partial charge is 0.362 e. The van der Waals surface area contributed by atoms with Crippen LogP contribution < -0.4 is 10.7 Å². The number of hydrogen-bond donors (Lipinski definition) is 2. The predicted octanol–water partition coefficient (Wildman–Crippen LogP) is 4.16. The molecule has 2 N–H and O–H groups in total. The molecule has 0 atom stereocenters. The van der Waals surface area contributed by atoms with Crippen LogP contribution in [0.15, 0.2) is 59.8 Å². The Morgan fingerprint density at radius 3 is 2.76 bits per heavy atom. The van der Waals surface area contributed by atoms with Crippen LogP contribution in [0.3, 0.4) is 0 Å². The van der Waals surface area contributed by atoms with Crippen LogP contribution in [-0.2, 0) is 6.54 Å². The lowest BCUT2D eigenvalue weighted by Crippen LogP contribution is -2.31. The van der Waals surface area contributed by atoms with Crippen molar-refractivity contribution in [1.82, 2.24) is 15.3 Å². The Labute approximate surface area is 157 Å². The first-order valence-electron chi connectivity index (χ1n) is 8.07. The first-order valence-corrected chi connectivity index (χ1v) is 8.86. The number of fused-ring (bicyclic) bond motifs is 1. The molecule has 0 fully saturated rings. The van der Waals surface area contributed by atoms with E-state index in [2.05, 4.69) is 38.7 Å². The van der Waals surface area contributed by atoms with Crippen molar-refractivity contribution in [3.63, 3.8) is 0 Å². The molecule has 0 amide bonds. The number of aromatic nitrogens is 1. The molecular weight excluding hydrogens is 352 g/mol. The second-order valence-corrected chi connectivity index (χ2v) is 6.37. The van der Waals surface area contributed by atoms with E-state index in [0.29, 0.717) is 11.7 Å². The maximum Gasteiger partial charge on any atom is 0.186 e. The van der Waals surface area contributed by atoms with E-state index in [1.54, 1.807) is 6.21 Å². The summed E-state index contributed by atoms with van der Waals surface area (Å²) in [6.07, 6.45) is 3.87. The van der Waals surface area contributed by atoms with Crippen molar-refractivity contribution in [2.75, 3.05) is 6.54 Å². The molecule has 128 valence electrons. The number of thiocarbonyl (C=S) groups is 1. The summed E-state index contributed by atoms with van der Waals surface area (Å²) >= 11 is 11.4. The first-order chi connectivity index (χ1) is 12.2. The molecular formula is C19H19ClN4S. The maximum absolute atomic E-state index is 6.31. The van der Waals surface area contributed by atoms with Gasteiger partial charge in [-0.15, -0.1) is 0 Å². The third-order valence-electron chi connectivity index (χ3n) is 3.82. The number of nitrogens with one attached hydrogen (secondary N) is 2. The van der Waals surface area contributed by atoms with Gasteiger partial charge in [-0.2, -0.15) is 5.10 Å². The van der Waals surface area contributed by atoms with E-state index in [-0.39, 0.29) is 0 Å². The predicted molar refractivity (Wildman–Crippen MR) is 109 cm³/mol. The van der Waals surface area contributed by atoms with Gasteiger partial charge in [0.05, 0.1) is 6.21 Å². The molecule has 1 heterocycles. The fraction of sp³-hybridized carbons (Fsp3) is 0.158. The van der Waals surface area contributed by atoms with Gasteiger partial charge in [0.2, 0.25) is 0 Å². The van der Waals surface area contributed by atoms with Gasteiger partial charge >= 0.3 is 0 Å². The zero-order valence-electron chi connectivity index (χ0n) is 13.9. The van der Waals surface area contributed by atoms with Crippen molar-refractivity contribution in [3.8, 4) is 0 Å². The van der Waals surface area contributed by atoms with Gasteiger partial charge in [0.1, 0.15) is 0 Å².